The first-order chi connectivity index (χ1) is 4.92. The molecule has 0 spiro atoms. The second-order valence-electron chi connectivity index (χ2n) is 2.17. The maximum absolute atomic E-state index is 11.3. The standard InChI is InChI=1S/C8H7F3/c1-7(2)5-3-4-6-8(9,10)11/h7H,1-2H3. The predicted molar refractivity (Wildman–Crippen MR) is 36.4 cm³/mol. The van der Waals surface area contributed by atoms with E-state index < -0.39 is 6.18 Å². The fraction of sp³-hybridized carbons (Fsp3) is 0.500. The molecule has 0 amide bonds. The Morgan fingerprint density at radius 1 is 1.09 bits per heavy atom. The molecule has 0 aliphatic carbocycles. The summed E-state index contributed by atoms with van der Waals surface area (Å²) in [6.07, 6.45) is -4.42. The molecule has 0 aliphatic rings. The molecule has 0 aliphatic heterocycles. The highest BCUT2D eigenvalue weighted by atomic mass is 19.4. The normalized spacial score (nSPS) is 9.64. The van der Waals surface area contributed by atoms with E-state index in [2.05, 4.69) is 11.8 Å². The van der Waals surface area contributed by atoms with Crippen molar-refractivity contribution < 1.29 is 13.2 Å². The molecule has 0 rings (SSSR count). The van der Waals surface area contributed by atoms with Crippen molar-refractivity contribution in [1.29, 1.82) is 0 Å². The number of hydrogen-bond donors (Lipinski definition) is 0. The third kappa shape index (κ3) is 8.91. The van der Waals surface area contributed by atoms with Crippen LogP contribution in [0.2, 0.25) is 0 Å². The van der Waals surface area contributed by atoms with E-state index in [0.29, 0.717) is 0 Å². The average Bonchev–Trinajstić information content (AvgIpc) is 1.78. The highest BCUT2D eigenvalue weighted by Crippen LogP contribution is 2.11. The van der Waals surface area contributed by atoms with E-state index in [-0.39, 0.29) is 5.92 Å². The van der Waals surface area contributed by atoms with Gasteiger partial charge in [0.25, 0.3) is 0 Å². The Labute approximate surface area is 63.8 Å². The van der Waals surface area contributed by atoms with Crippen molar-refractivity contribution in [2.45, 2.75) is 20.0 Å². The maximum atomic E-state index is 11.3. The topological polar surface area (TPSA) is 0 Å². The molecule has 11 heavy (non-hydrogen) atoms. The van der Waals surface area contributed by atoms with Gasteiger partial charge in [-0.15, -0.1) is 0 Å². The Hall–Kier alpha value is -1.09. The molecule has 0 heterocycles. The quantitative estimate of drug-likeness (QED) is 0.476. The molecule has 0 atom stereocenters. The zero-order valence-corrected chi connectivity index (χ0v) is 6.21. The summed E-state index contributed by atoms with van der Waals surface area (Å²) in [5, 5.41) is 0. The highest BCUT2D eigenvalue weighted by molar-refractivity contribution is 5.27. The van der Waals surface area contributed by atoms with Gasteiger partial charge in [-0.3, -0.25) is 0 Å². The summed E-state index contributed by atoms with van der Waals surface area (Å²) in [6, 6.07) is 0. The summed E-state index contributed by atoms with van der Waals surface area (Å²) in [6.45, 7) is 3.56. The molecule has 0 aromatic heterocycles. The lowest BCUT2D eigenvalue weighted by Gasteiger charge is -1.89. The van der Waals surface area contributed by atoms with E-state index in [0.717, 1.165) is 5.92 Å². The summed E-state index contributed by atoms with van der Waals surface area (Å²) in [5.74, 6) is 7.43. The third-order valence-corrected chi connectivity index (χ3v) is 0.628. The number of alkyl halides is 3. The summed E-state index contributed by atoms with van der Waals surface area (Å²) < 4.78 is 34.0. The van der Waals surface area contributed by atoms with Gasteiger partial charge in [-0.2, -0.15) is 13.2 Å². The Balaban J connectivity index is 4.05. The van der Waals surface area contributed by atoms with Crippen LogP contribution in [0.1, 0.15) is 13.8 Å². The lowest BCUT2D eigenvalue weighted by atomic mass is 10.2. The molecule has 0 aromatic rings. The van der Waals surface area contributed by atoms with Gasteiger partial charge in [0, 0.05) is 11.8 Å². The molecule has 0 saturated carbocycles. The van der Waals surface area contributed by atoms with Gasteiger partial charge in [0.15, 0.2) is 0 Å². The van der Waals surface area contributed by atoms with Crippen molar-refractivity contribution in [2.24, 2.45) is 5.92 Å². The Morgan fingerprint density at radius 2 is 1.64 bits per heavy atom. The Bertz CT molecular complexity index is 226. The summed E-state index contributed by atoms with van der Waals surface area (Å²) in [5.41, 5.74) is 0. The van der Waals surface area contributed by atoms with E-state index in [4.69, 9.17) is 0 Å². The maximum Gasteiger partial charge on any atom is 0.458 e. The fourth-order valence-corrected chi connectivity index (χ4v) is 0.283. The van der Waals surface area contributed by atoms with Crippen LogP contribution in [0.25, 0.3) is 0 Å². The first kappa shape index (κ1) is 9.91. The average molecular weight is 160 g/mol. The van der Waals surface area contributed by atoms with Crippen LogP contribution >= 0.6 is 0 Å². The van der Waals surface area contributed by atoms with Crippen molar-refractivity contribution in [3.63, 3.8) is 0 Å². The van der Waals surface area contributed by atoms with Crippen molar-refractivity contribution in [3.8, 4) is 23.7 Å². The first-order valence-corrected chi connectivity index (χ1v) is 3.01. The van der Waals surface area contributed by atoms with Crippen molar-refractivity contribution in [1.82, 2.24) is 0 Å². The van der Waals surface area contributed by atoms with Gasteiger partial charge in [0.1, 0.15) is 0 Å². The van der Waals surface area contributed by atoms with Crippen LogP contribution in [-0.2, 0) is 0 Å². The van der Waals surface area contributed by atoms with Gasteiger partial charge in [-0.1, -0.05) is 19.8 Å². The second kappa shape index (κ2) is 3.93. The molecule has 0 saturated heterocycles. The van der Waals surface area contributed by atoms with E-state index in [9.17, 15) is 13.2 Å². The van der Waals surface area contributed by atoms with Crippen LogP contribution in [0, 0.1) is 29.6 Å². The molecule has 60 valence electrons. The zero-order chi connectivity index (χ0) is 8.91. The minimum Gasteiger partial charge on any atom is -0.159 e. The molecule has 0 unspecified atom stereocenters. The number of halogens is 3. The monoisotopic (exact) mass is 160 g/mol. The Morgan fingerprint density at radius 3 is 2.00 bits per heavy atom. The third-order valence-electron chi connectivity index (χ3n) is 0.628. The van der Waals surface area contributed by atoms with E-state index in [1.165, 1.54) is 0 Å². The number of rotatable bonds is 0. The first-order valence-electron chi connectivity index (χ1n) is 3.01. The molecule has 0 bridgehead atoms. The summed E-state index contributed by atoms with van der Waals surface area (Å²) in [4.78, 5) is 0. The van der Waals surface area contributed by atoms with E-state index >= 15 is 0 Å². The Kier molecular flexibility index (Phi) is 3.54. The molecule has 0 aromatic carbocycles. The zero-order valence-electron chi connectivity index (χ0n) is 6.21. The largest absolute Gasteiger partial charge is 0.458 e. The van der Waals surface area contributed by atoms with Gasteiger partial charge in [0.05, 0.1) is 0 Å². The number of hydrogen-bond acceptors (Lipinski definition) is 0. The molecule has 3 heteroatoms. The van der Waals surface area contributed by atoms with Gasteiger partial charge in [-0.05, 0) is 11.8 Å². The van der Waals surface area contributed by atoms with Crippen LogP contribution in [0.15, 0.2) is 0 Å². The lowest BCUT2D eigenvalue weighted by molar-refractivity contribution is -0.0696. The SMILES string of the molecule is CC(C)C#CC#CC(F)(F)F. The molecular weight excluding hydrogens is 153 g/mol. The van der Waals surface area contributed by atoms with Crippen LogP contribution in [0.3, 0.4) is 0 Å². The smallest absolute Gasteiger partial charge is 0.159 e. The molecule has 0 fully saturated rings. The minimum absolute atomic E-state index is 0.0533. The van der Waals surface area contributed by atoms with E-state index in [1.54, 1.807) is 19.8 Å². The summed E-state index contributed by atoms with van der Waals surface area (Å²) in [7, 11) is 0. The van der Waals surface area contributed by atoms with E-state index in [1.807, 2.05) is 0 Å². The van der Waals surface area contributed by atoms with Crippen LogP contribution < -0.4 is 0 Å². The minimum atomic E-state index is -4.42. The van der Waals surface area contributed by atoms with Crippen molar-refractivity contribution in [2.75, 3.05) is 0 Å². The lowest BCUT2D eigenvalue weighted by Crippen LogP contribution is -2.00. The van der Waals surface area contributed by atoms with Gasteiger partial charge < -0.3 is 0 Å². The predicted octanol–water partition coefficient (Wildman–Crippen LogP) is 2.21. The van der Waals surface area contributed by atoms with Crippen molar-refractivity contribution in [3.05, 3.63) is 0 Å². The second-order valence-corrected chi connectivity index (χ2v) is 2.17. The van der Waals surface area contributed by atoms with Crippen molar-refractivity contribution >= 4 is 0 Å². The van der Waals surface area contributed by atoms with Crippen LogP contribution in [-0.4, -0.2) is 6.18 Å². The molecule has 0 radical (unpaired) electrons. The molecule has 0 N–H and O–H groups in total. The van der Waals surface area contributed by atoms with Gasteiger partial charge in [0.2, 0.25) is 0 Å². The highest BCUT2D eigenvalue weighted by Gasteiger charge is 2.22. The summed E-state index contributed by atoms with van der Waals surface area (Å²) >= 11 is 0. The molecular formula is C8H7F3. The van der Waals surface area contributed by atoms with Crippen LogP contribution in [0.4, 0.5) is 13.2 Å². The van der Waals surface area contributed by atoms with Crippen LogP contribution in [0.5, 0.6) is 0 Å². The molecule has 0 nitrogen and oxygen atoms in total. The van der Waals surface area contributed by atoms with Gasteiger partial charge in [-0.25, -0.2) is 0 Å². The van der Waals surface area contributed by atoms with Gasteiger partial charge >= 0.3 is 6.18 Å². The fourth-order valence-electron chi connectivity index (χ4n) is 0.283.